The second kappa shape index (κ2) is 7.32. The lowest BCUT2D eigenvalue weighted by Crippen LogP contribution is -2.15. The molecular formula is C20H17NO3S. The van der Waals surface area contributed by atoms with E-state index < -0.39 is 5.97 Å². The van der Waals surface area contributed by atoms with E-state index in [1.807, 2.05) is 61.5 Å². The molecule has 0 aliphatic carbocycles. The highest BCUT2D eigenvalue weighted by Crippen LogP contribution is 2.35. The number of carboxylic acids is 1. The molecule has 25 heavy (non-hydrogen) atoms. The van der Waals surface area contributed by atoms with Crippen LogP contribution in [0, 0.1) is 6.92 Å². The molecule has 1 aromatic heterocycles. The first-order valence-electron chi connectivity index (χ1n) is 7.80. The highest BCUT2D eigenvalue weighted by Gasteiger charge is 2.21. The molecule has 3 rings (SSSR count). The molecule has 2 N–H and O–H groups in total. The van der Waals surface area contributed by atoms with Crippen molar-refractivity contribution in [1.82, 2.24) is 0 Å². The van der Waals surface area contributed by atoms with Crippen LogP contribution in [0.4, 0.5) is 5.00 Å². The summed E-state index contributed by atoms with van der Waals surface area (Å²) in [6.07, 6.45) is 0.206. The molecule has 5 heteroatoms. The molecule has 4 nitrogen and oxygen atoms in total. The number of nitrogens with one attached hydrogen (secondary N) is 1. The summed E-state index contributed by atoms with van der Waals surface area (Å²) in [6, 6.07) is 17.0. The second-order valence-electron chi connectivity index (χ2n) is 5.74. The van der Waals surface area contributed by atoms with E-state index in [1.54, 1.807) is 5.38 Å². The maximum atomic E-state index is 12.2. The highest BCUT2D eigenvalue weighted by molar-refractivity contribution is 7.15. The van der Waals surface area contributed by atoms with Crippen molar-refractivity contribution < 1.29 is 14.7 Å². The molecule has 1 heterocycles. The number of amides is 1. The monoisotopic (exact) mass is 351 g/mol. The van der Waals surface area contributed by atoms with Gasteiger partial charge in [-0.15, -0.1) is 11.3 Å². The summed E-state index contributed by atoms with van der Waals surface area (Å²) >= 11 is 1.23. The second-order valence-corrected chi connectivity index (χ2v) is 6.61. The Morgan fingerprint density at radius 2 is 1.72 bits per heavy atom. The Hall–Kier alpha value is -2.92. The zero-order valence-electron chi connectivity index (χ0n) is 13.7. The Kier molecular flexibility index (Phi) is 4.95. The lowest BCUT2D eigenvalue weighted by atomic mass is 10.0. The maximum Gasteiger partial charge on any atom is 0.339 e. The standard InChI is InChI=1S/C20H17NO3S/c1-13-7-9-15(10-8-13)16-12-25-19(18(16)20(23)24)21-17(22)11-14-5-3-2-4-6-14/h2-10,12H,11H2,1H3,(H,21,22)(H,23,24). The van der Waals surface area contributed by atoms with Gasteiger partial charge < -0.3 is 10.4 Å². The molecule has 2 aromatic carbocycles. The number of aryl methyl sites for hydroxylation is 1. The summed E-state index contributed by atoms with van der Waals surface area (Å²) in [5.41, 5.74) is 3.56. The first-order chi connectivity index (χ1) is 12.0. The van der Waals surface area contributed by atoms with Crippen molar-refractivity contribution >= 4 is 28.2 Å². The van der Waals surface area contributed by atoms with Gasteiger partial charge in [0, 0.05) is 10.9 Å². The number of anilines is 1. The molecular weight excluding hydrogens is 334 g/mol. The normalized spacial score (nSPS) is 10.4. The predicted octanol–water partition coefficient (Wildman–Crippen LogP) is 4.60. The smallest absolute Gasteiger partial charge is 0.339 e. The lowest BCUT2D eigenvalue weighted by molar-refractivity contribution is -0.115. The summed E-state index contributed by atoms with van der Waals surface area (Å²) in [5.74, 6) is -1.28. The van der Waals surface area contributed by atoms with Gasteiger partial charge in [0.15, 0.2) is 0 Å². The van der Waals surface area contributed by atoms with Gasteiger partial charge in [0.2, 0.25) is 5.91 Å². The van der Waals surface area contributed by atoms with Gasteiger partial charge in [-0.3, -0.25) is 4.79 Å². The molecule has 0 radical (unpaired) electrons. The zero-order chi connectivity index (χ0) is 17.8. The van der Waals surface area contributed by atoms with Crippen LogP contribution >= 0.6 is 11.3 Å². The topological polar surface area (TPSA) is 66.4 Å². The number of thiophene rings is 1. The van der Waals surface area contributed by atoms with Gasteiger partial charge in [-0.2, -0.15) is 0 Å². The van der Waals surface area contributed by atoms with Crippen LogP contribution in [0.25, 0.3) is 11.1 Å². The zero-order valence-corrected chi connectivity index (χ0v) is 14.5. The fourth-order valence-corrected chi connectivity index (χ4v) is 3.54. The van der Waals surface area contributed by atoms with Gasteiger partial charge in [-0.1, -0.05) is 60.2 Å². The fraction of sp³-hybridized carbons (Fsp3) is 0.100. The minimum Gasteiger partial charge on any atom is -0.478 e. The molecule has 3 aromatic rings. The van der Waals surface area contributed by atoms with Gasteiger partial charge >= 0.3 is 5.97 Å². The quantitative estimate of drug-likeness (QED) is 0.706. The van der Waals surface area contributed by atoms with Crippen LogP contribution in [0.1, 0.15) is 21.5 Å². The first-order valence-corrected chi connectivity index (χ1v) is 8.68. The van der Waals surface area contributed by atoms with E-state index in [0.717, 1.165) is 16.7 Å². The Balaban J connectivity index is 1.85. The van der Waals surface area contributed by atoms with E-state index in [-0.39, 0.29) is 17.9 Å². The van der Waals surface area contributed by atoms with E-state index in [4.69, 9.17) is 0 Å². The molecule has 0 bridgehead atoms. The summed E-state index contributed by atoms with van der Waals surface area (Å²) < 4.78 is 0. The molecule has 0 aliphatic heterocycles. The van der Waals surface area contributed by atoms with Crippen LogP contribution in [-0.2, 0) is 11.2 Å². The molecule has 0 saturated carbocycles. The number of hydrogen-bond donors (Lipinski definition) is 2. The van der Waals surface area contributed by atoms with E-state index in [9.17, 15) is 14.7 Å². The average molecular weight is 351 g/mol. The van der Waals surface area contributed by atoms with Crippen LogP contribution < -0.4 is 5.32 Å². The summed E-state index contributed by atoms with van der Waals surface area (Å²) in [4.78, 5) is 24.0. The Morgan fingerprint density at radius 1 is 1.04 bits per heavy atom. The van der Waals surface area contributed by atoms with Crippen molar-refractivity contribution in [3.8, 4) is 11.1 Å². The van der Waals surface area contributed by atoms with Crippen molar-refractivity contribution in [3.63, 3.8) is 0 Å². The van der Waals surface area contributed by atoms with Gasteiger partial charge in [0.25, 0.3) is 0 Å². The van der Waals surface area contributed by atoms with Crippen LogP contribution in [0.3, 0.4) is 0 Å². The minimum absolute atomic E-state index is 0.135. The summed E-state index contributed by atoms with van der Waals surface area (Å²) in [7, 11) is 0. The molecule has 0 spiro atoms. The van der Waals surface area contributed by atoms with E-state index >= 15 is 0 Å². The summed E-state index contributed by atoms with van der Waals surface area (Å²) in [5, 5.41) is 14.5. The molecule has 0 aliphatic rings. The van der Waals surface area contributed by atoms with Crippen molar-refractivity contribution in [2.24, 2.45) is 0 Å². The molecule has 1 amide bonds. The van der Waals surface area contributed by atoms with Crippen LogP contribution in [0.2, 0.25) is 0 Å². The number of aromatic carboxylic acids is 1. The number of carbonyl (C=O) groups excluding carboxylic acids is 1. The van der Waals surface area contributed by atoms with Crippen LogP contribution in [0.5, 0.6) is 0 Å². The molecule has 0 atom stereocenters. The van der Waals surface area contributed by atoms with Crippen molar-refractivity contribution in [2.45, 2.75) is 13.3 Å². The SMILES string of the molecule is Cc1ccc(-c2csc(NC(=O)Cc3ccccc3)c2C(=O)O)cc1. The number of hydrogen-bond acceptors (Lipinski definition) is 3. The van der Waals surface area contributed by atoms with E-state index in [2.05, 4.69) is 5.32 Å². The Bertz CT molecular complexity index is 898. The van der Waals surface area contributed by atoms with Gasteiger partial charge in [0.05, 0.1) is 6.42 Å². The van der Waals surface area contributed by atoms with Crippen molar-refractivity contribution in [2.75, 3.05) is 5.32 Å². The van der Waals surface area contributed by atoms with Gasteiger partial charge in [-0.25, -0.2) is 4.79 Å². The molecule has 0 saturated heterocycles. The van der Waals surface area contributed by atoms with Crippen LogP contribution in [-0.4, -0.2) is 17.0 Å². The summed E-state index contributed by atoms with van der Waals surface area (Å²) in [6.45, 7) is 1.98. The number of carboxylic acid groups (broad SMARTS) is 1. The highest BCUT2D eigenvalue weighted by atomic mass is 32.1. The number of carbonyl (C=O) groups is 2. The third-order valence-corrected chi connectivity index (χ3v) is 4.72. The molecule has 0 unspecified atom stereocenters. The van der Waals surface area contributed by atoms with Crippen molar-refractivity contribution in [1.29, 1.82) is 0 Å². The maximum absolute atomic E-state index is 12.2. The third-order valence-electron chi connectivity index (χ3n) is 3.83. The van der Waals surface area contributed by atoms with Gasteiger partial charge in [-0.05, 0) is 18.1 Å². The molecule has 126 valence electrons. The minimum atomic E-state index is -1.05. The van der Waals surface area contributed by atoms with Crippen LogP contribution in [0.15, 0.2) is 60.0 Å². The largest absolute Gasteiger partial charge is 0.478 e. The predicted molar refractivity (Wildman–Crippen MR) is 100 cm³/mol. The lowest BCUT2D eigenvalue weighted by Gasteiger charge is -2.06. The Labute approximate surface area is 149 Å². The number of benzene rings is 2. The van der Waals surface area contributed by atoms with E-state index in [0.29, 0.717) is 10.6 Å². The first kappa shape index (κ1) is 16.9. The third kappa shape index (κ3) is 3.95. The average Bonchev–Trinajstić information content (AvgIpc) is 3.00. The van der Waals surface area contributed by atoms with Gasteiger partial charge in [0.1, 0.15) is 10.6 Å². The Morgan fingerprint density at radius 3 is 2.36 bits per heavy atom. The molecule has 0 fully saturated rings. The van der Waals surface area contributed by atoms with E-state index in [1.165, 1.54) is 11.3 Å². The number of rotatable bonds is 5. The van der Waals surface area contributed by atoms with Crippen molar-refractivity contribution in [3.05, 3.63) is 76.7 Å². The fourth-order valence-electron chi connectivity index (χ4n) is 2.56.